The topological polar surface area (TPSA) is 117 Å². The molecule has 160 valence electrons. The first kappa shape index (κ1) is 22.9. The number of hydrogen-bond donors (Lipinski definition) is 4. The van der Waals surface area contributed by atoms with E-state index in [0.29, 0.717) is 18.5 Å². The smallest absolute Gasteiger partial charge is 0.412 e. The van der Waals surface area contributed by atoms with E-state index in [4.69, 9.17) is 14.7 Å². The summed E-state index contributed by atoms with van der Waals surface area (Å²) in [5.74, 6) is -2.07. The van der Waals surface area contributed by atoms with Crippen LogP contribution in [0.2, 0.25) is 0 Å². The Morgan fingerprint density at radius 2 is 1.93 bits per heavy atom. The Bertz CT molecular complexity index is 875. The number of aromatic hydroxyl groups is 1. The zero-order valence-electron chi connectivity index (χ0n) is 16.2. The van der Waals surface area contributed by atoms with E-state index in [-0.39, 0.29) is 5.56 Å². The number of halogens is 1. The van der Waals surface area contributed by atoms with Crippen molar-refractivity contribution < 1.29 is 33.8 Å². The zero-order chi connectivity index (χ0) is 21.9. The molecule has 0 aliphatic rings. The molecule has 4 N–H and O–H groups in total. The van der Waals surface area contributed by atoms with E-state index < -0.39 is 35.8 Å². The van der Waals surface area contributed by atoms with Gasteiger partial charge in [-0.2, -0.15) is 0 Å². The minimum Gasteiger partial charge on any atom is -0.505 e. The van der Waals surface area contributed by atoms with Crippen molar-refractivity contribution in [2.75, 3.05) is 12.4 Å². The van der Waals surface area contributed by atoms with Crippen LogP contribution in [0.5, 0.6) is 5.75 Å². The quantitative estimate of drug-likeness (QED) is 0.280. The fourth-order valence-electron chi connectivity index (χ4n) is 2.72. The number of rotatable bonds is 9. The van der Waals surface area contributed by atoms with E-state index in [1.165, 1.54) is 24.7 Å². The SMILES string of the molecule is CO[C@@H](CC/C=C/C(=O)NO)[C@@H](OC(=O)Nc1ccccc1)c1ccc(O)c(F)c1. The number of phenolic OH excluding ortho intramolecular Hbond substituents is 1. The number of benzene rings is 2. The molecule has 2 amide bonds. The third kappa shape index (κ3) is 6.87. The van der Waals surface area contributed by atoms with Gasteiger partial charge in [-0.25, -0.2) is 14.7 Å². The summed E-state index contributed by atoms with van der Waals surface area (Å²) in [4.78, 5) is 23.4. The van der Waals surface area contributed by atoms with Crippen LogP contribution in [-0.4, -0.2) is 35.5 Å². The molecule has 0 saturated carbocycles. The molecule has 30 heavy (non-hydrogen) atoms. The largest absolute Gasteiger partial charge is 0.505 e. The number of ether oxygens (including phenoxy) is 2. The number of anilines is 1. The number of hydroxylamine groups is 1. The maximum absolute atomic E-state index is 13.9. The van der Waals surface area contributed by atoms with Crippen molar-refractivity contribution in [2.45, 2.75) is 25.0 Å². The van der Waals surface area contributed by atoms with Gasteiger partial charge >= 0.3 is 6.09 Å². The van der Waals surface area contributed by atoms with E-state index in [2.05, 4.69) is 5.32 Å². The van der Waals surface area contributed by atoms with Crippen LogP contribution in [0, 0.1) is 5.82 Å². The number of carbonyl (C=O) groups excluding carboxylic acids is 2. The van der Waals surface area contributed by atoms with Gasteiger partial charge in [0, 0.05) is 18.9 Å². The summed E-state index contributed by atoms with van der Waals surface area (Å²) in [5.41, 5.74) is 2.28. The summed E-state index contributed by atoms with van der Waals surface area (Å²) in [6, 6.07) is 12.3. The molecule has 0 heterocycles. The van der Waals surface area contributed by atoms with Crippen LogP contribution < -0.4 is 10.8 Å². The first-order valence-corrected chi connectivity index (χ1v) is 9.09. The number of hydrogen-bond acceptors (Lipinski definition) is 6. The first-order valence-electron chi connectivity index (χ1n) is 9.09. The molecule has 0 bridgehead atoms. The van der Waals surface area contributed by atoms with Gasteiger partial charge in [0.2, 0.25) is 0 Å². The molecule has 9 heteroatoms. The number of amides is 2. The van der Waals surface area contributed by atoms with Gasteiger partial charge in [0.1, 0.15) is 0 Å². The maximum Gasteiger partial charge on any atom is 0.412 e. The molecule has 2 aromatic rings. The normalized spacial score (nSPS) is 12.9. The second-order valence-corrected chi connectivity index (χ2v) is 6.26. The van der Waals surface area contributed by atoms with Crippen LogP contribution in [0.1, 0.15) is 24.5 Å². The van der Waals surface area contributed by atoms with Crippen molar-refractivity contribution in [3.05, 3.63) is 72.1 Å². The summed E-state index contributed by atoms with van der Waals surface area (Å²) in [6.45, 7) is 0. The molecule has 2 rings (SSSR count). The molecule has 0 radical (unpaired) electrons. The van der Waals surface area contributed by atoms with Gasteiger partial charge in [-0.3, -0.25) is 15.3 Å². The van der Waals surface area contributed by atoms with Gasteiger partial charge in [0.15, 0.2) is 17.7 Å². The van der Waals surface area contributed by atoms with E-state index in [1.807, 2.05) is 0 Å². The highest BCUT2D eigenvalue weighted by Gasteiger charge is 2.27. The van der Waals surface area contributed by atoms with Crippen molar-refractivity contribution in [3.63, 3.8) is 0 Å². The molecule has 0 saturated heterocycles. The Morgan fingerprint density at radius 1 is 1.20 bits per heavy atom. The van der Waals surface area contributed by atoms with Gasteiger partial charge in [0.25, 0.3) is 5.91 Å². The summed E-state index contributed by atoms with van der Waals surface area (Å²) >= 11 is 0. The number of phenols is 1. The van der Waals surface area contributed by atoms with E-state index in [0.717, 1.165) is 18.2 Å². The minimum atomic E-state index is -0.992. The molecule has 2 atom stereocenters. The lowest BCUT2D eigenvalue weighted by atomic mass is 10.00. The number of para-hydroxylation sites is 1. The van der Waals surface area contributed by atoms with Crippen LogP contribution in [0.4, 0.5) is 14.9 Å². The highest BCUT2D eigenvalue weighted by Crippen LogP contribution is 2.30. The lowest BCUT2D eigenvalue weighted by Crippen LogP contribution is -2.28. The fraction of sp³-hybridized carbons (Fsp3) is 0.238. The van der Waals surface area contributed by atoms with Gasteiger partial charge < -0.3 is 14.6 Å². The summed E-state index contributed by atoms with van der Waals surface area (Å²) in [5, 5.41) is 20.5. The van der Waals surface area contributed by atoms with Gasteiger partial charge in [-0.05, 0) is 42.7 Å². The zero-order valence-corrected chi connectivity index (χ0v) is 16.2. The van der Waals surface area contributed by atoms with Crippen molar-refractivity contribution in [3.8, 4) is 5.75 Å². The van der Waals surface area contributed by atoms with E-state index in [9.17, 15) is 19.1 Å². The number of nitrogens with one attached hydrogen (secondary N) is 2. The Morgan fingerprint density at radius 3 is 2.57 bits per heavy atom. The van der Waals surface area contributed by atoms with Crippen LogP contribution in [0.15, 0.2) is 60.7 Å². The summed E-state index contributed by atoms with van der Waals surface area (Å²) in [7, 11) is 1.41. The molecular formula is C21H23FN2O6. The van der Waals surface area contributed by atoms with Crippen LogP contribution in [-0.2, 0) is 14.3 Å². The molecule has 0 fully saturated rings. The minimum absolute atomic E-state index is 0.289. The van der Waals surface area contributed by atoms with Crippen molar-refractivity contribution in [1.29, 1.82) is 0 Å². The average Bonchev–Trinajstić information content (AvgIpc) is 2.75. The Labute approximate surface area is 172 Å². The Balaban J connectivity index is 2.18. The van der Waals surface area contributed by atoms with Crippen molar-refractivity contribution in [1.82, 2.24) is 5.48 Å². The molecule has 0 spiro atoms. The van der Waals surface area contributed by atoms with Gasteiger partial charge in [0.05, 0.1) is 6.10 Å². The van der Waals surface area contributed by atoms with Crippen molar-refractivity contribution >= 4 is 17.7 Å². The van der Waals surface area contributed by atoms with Crippen molar-refractivity contribution in [2.24, 2.45) is 0 Å². The molecule has 0 aliphatic carbocycles. The molecule has 8 nitrogen and oxygen atoms in total. The highest BCUT2D eigenvalue weighted by molar-refractivity contribution is 5.86. The number of allylic oxidation sites excluding steroid dienone is 1. The Hall–Kier alpha value is -3.43. The van der Waals surface area contributed by atoms with E-state index in [1.54, 1.807) is 30.3 Å². The van der Waals surface area contributed by atoms with Crippen LogP contribution >= 0.6 is 0 Å². The lowest BCUT2D eigenvalue weighted by molar-refractivity contribution is -0.124. The maximum atomic E-state index is 13.9. The van der Waals surface area contributed by atoms with Crippen LogP contribution in [0.25, 0.3) is 0 Å². The third-order valence-electron chi connectivity index (χ3n) is 4.19. The van der Waals surface area contributed by atoms with Crippen LogP contribution in [0.3, 0.4) is 0 Å². The Kier molecular flexibility index (Phi) is 8.79. The second kappa shape index (κ2) is 11.5. The average molecular weight is 418 g/mol. The third-order valence-corrected chi connectivity index (χ3v) is 4.19. The monoisotopic (exact) mass is 418 g/mol. The number of carbonyl (C=O) groups is 2. The first-order chi connectivity index (χ1) is 14.4. The van der Waals surface area contributed by atoms with Gasteiger partial charge in [-0.15, -0.1) is 0 Å². The van der Waals surface area contributed by atoms with Gasteiger partial charge in [-0.1, -0.05) is 30.3 Å². The molecule has 2 aromatic carbocycles. The lowest BCUT2D eigenvalue weighted by Gasteiger charge is -2.26. The molecule has 0 unspecified atom stereocenters. The second-order valence-electron chi connectivity index (χ2n) is 6.26. The summed E-state index contributed by atoms with van der Waals surface area (Å²) < 4.78 is 24.9. The fourth-order valence-corrected chi connectivity index (χ4v) is 2.72. The standard InChI is InChI=1S/C21H23FN2O6/c1-29-18(9-5-6-10-19(26)24-28)20(14-11-12-17(25)16(22)13-14)30-21(27)23-15-7-3-2-4-8-15/h2-4,6-8,10-13,18,20,25,28H,5,9H2,1H3,(H,23,27)(H,24,26)/b10-6+/t18-,20-/m0/s1. The molecule has 0 aromatic heterocycles. The molecule has 0 aliphatic heterocycles. The number of methoxy groups -OCH3 is 1. The predicted octanol–water partition coefficient (Wildman–Crippen LogP) is 3.68. The molecular weight excluding hydrogens is 395 g/mol. The summed E-state index contributed by atoms with van der Waals surface area (Å²) in [6.07, 6.45) is 0.883. The highest BCUT2D eigenvalue weighted by atomic mass is 19.1. The predicted molar refractivity (Wildman–Crippen MR) is 106 cm³/mol. The van der Waals surface area contributed by atoms with E-state index >= 15 is 0 Å².